The van der Waals surface area contributed by atoms with Crippen molar-refractivity contribution in [2.24, 2.45) is 0 Å². The van der Waals surface area contributed by atoms with Crippen molar-refractivity contribution in [3.63, 3.8) is 0 Å². The van der Waals surface area contributed by atoms with Gasteiger partial charge in [-0.25, -0.2) is 0 Å². The molecule has 1 aliphatic rings. The Morgan fingerprint density at radius 3 is 1.35 bits per heavy atom. The average Bonchev–Trinajstić information content (AvgIpc) is 3.34. The number of rotatable bonds is 49. The molecular weight excluding hydrogens is 859 g/mol. The minimum atomic E-state index is -1.67. The maximum atomic E-state index is 13.1. The second-order valence-corrected chi connectivity index (χ2v) is 20.4. The van der Waals surface area contributed by atoms with Crippen LogP contribution >= 0.6 is 0 Å². The Bertz CT molecular complexity index is 1160. The molecule has 0 aromatic rings. The third-order valence-corrected chi connectivity index (χ3v) is 14.0. The zero-order chi connectivity index (χ0) is 49.7. The van der Waals surface area contributed by atoms with Gasteiger partial charge in [0.1, 0.15) is 36.6 Å². The van der Waals surface area contributed by atoms with Gasteiger partial charge in [0, 0.05) is 6.42 Å². The summed E-state index contributed by atoms with van der Waals surface area (Å²) in [7, 11) is 0. The van der Waals surface area contributed by atoms with Gasteiger partial charge in [0.2, 0.25) is 5.91 Å². The monoisotopic (exact) mass is 968 g/mol. The fraction of sp³-hybridized carbons (Fsp3) is 0.912. The van der Waals surface area contributed by atoms with Crippen LogP contribution in [0.15, 0.2) is 24.3 Å². The molecule has 0 saturated carbocycles. The lowest BCUT2D eigenvalue weighted by atomic mass is 9.98. The molecule has 1 fully saturated rings. The Labute approximate surface area is 416 Å². The summed E-state index contributed by atoms with van der Waals surface area (Å²) in [5.41, 5.74) is 0. The fourth-order valence-electron chi connectivity index (χ4n) is 9.31. The lowest BCUT2D eigenvalue weighted by molar-refractivity contribution is -0.303. The number of aliphatic hydroxyl groups excluding tert-OH is 7. The van der Waals surface area contributed by atoms with Gasteiger partial charge in [-0.3, -0.25) is 4.79 Å². The highest BCUT2D eigenvalue weighted by atomic mass is 16.7. The van der Waals surface area contributed by atoms with Crippen LogP contribution in [0, 0.1) is 0 Å². The van der Waals surface area contributed by atoms with Crippen molar-refractivity contribution in [2.45, 2.75) is 319 Å². The topological polar surface area (TPSA) is 189 Å². The molecule has 1 aliphatic heterocycles. The van der Waals surface area contributed by atoms with Crippen LogP contribution in [0.1, 0.15) is 264 Å². The molecule has 0 radical (unpaired) electrons. The van der Waals surface area contributed by atoms with Crippen molar-refractivity contribution in [3.05, 3.63) is 24.3 Å². The lowest BCUT2D eigenvalue weighted by Gasteiger charge is -2.40. The first-order chi connectivity index (χ1) is 33.2. The molecule has 0 aromatic heterocycles. The third kappa shape index (κ3) is 34.8. The second-order valence-electron chi connectivity index (χ2n) is 20.4. The maximum Gasteiger partial charge on any atom is 0.249 e. The number of carbonyl (C=O) groups excluding carboxylic acids is 1. The van der Waals surface area contributed by atoms with Gasteiger partial charge in [0.15, 0.2) is 6.29 Å². The average molecular weight is 968 g/mol. The Hall–Kier alpha value is -1.41. The van der Waals surface area contributed by atoms with E-state index in [2.05, 4.69) is 31.3 Å². The van der Waals surface area contributed by atoms with Crippen LogP contribution in [-0.4, -0.2) is 110 Å². The van der Waals surface area contributed by atoms with Gasteiger partial charge < -0.3 is 50.5 Å². The predicted molar refractivity (Wildman–Crippen MR) is 279 cm³/mol. The first-order valence-electron chi connectivity index (χ1n) is 28.7. The number of nitrogens with one attached hydrogen (secondary N) is 1. The standard InChI is InChI=1S/C57H109NO10/c1-3-5-7-9-11-13-15-17-18-19-20-21-22-23-24-25-26-27-28-29-30-31-32-33-35-36-38-40-42-44-49(60)52(62)48(47-67-57-55(65)54(64)53(63)51(46-59)68-57)58-56(66)50(61)45-43-41-39-37-34-16-14-12-10-8-6-4-2/h34,37,41,43,48-55,57,59-65H,3-33,35-36,38-40,42,44-47H2,1-2H3,(H,58,66)/b37-34-,43-41-. The first-order valence-corrected chi connectivity index (χ1v) is 28.7. The molecule has 1 amide bonds. The molecule has 1 rings (SSSR count). The van der Waals surface area contributed by atoms with Gasteiger partial charge in [-0.2, -0.15) is 0 Å². The van der Waals surface area contributed by atoms with Crippen LogP contribution in [0.5, 0.6) is 0 Å². The van der Waals surface area contributed by atoms with Crippen LogP contribution in [0.2, 0.25) is 0 Å². The molecule has 0 bridgehead atoms. The molecule has 402 valence electrons. The molecule has 1 saturated heterocycles. The summed E-state index contributed by atoms with van der Waals surface area (Å²) in [6.07, 6.45) is 44.2. The summed E-state index contributed by atoms with van der Waals surface area (Å²) in [6.45, 7) is 3.42. The zero-order valence-electron chi connectivity index (χ0n) is 43.9. The highest BCUT2D eigenvalue weighted by molar-refractivity contribution is 5.81. The minimum Gasteiger partial charge on any atom is -0.394 e. The lowest BCUT2D eigenvalue weighted by Crippen LogP contribution is -2.60. The largest absolute Gasteiger partial charge is 0.394 e. The molecule has 1 heterocycles. The Kier molecular flexibility index (Phi) is 44.3. The minimum absolute atomic E-state index is 0.0513. The van der Waals surface area contributed by atoms with Gasteiger partial charge in [-0.1, -0.05) is 256 Å². The van der Waals surface area contributed by atoms with E-state index in [1.165, 1.54) is 199 Å². The number of carbonyl (C=O) groups is 1. The van der Waals surface area contributed by atoms with Crippen LogP contribution < -0.4 is 5.32 Å². The first kappa shape index (κ1) is 64.6. The highest BCUT2D eigenvalue weighted by Gasteiger charge is 2.44. The number of hydrogen-bond acceptors (Lipinski definition) is 10. The summed E-state index contributed by atoms with van der Waals surface area (Å²) in [6, 6.07) is -1.20. The van der Waals surface area contributed by atoms with E-state index in [9.17, 15) is 40.5 Å². The predicted octanol–water partition coefficient (Wildman–Crippen LogP) is 11.7. The molecule has 68 heavy (non-hydrogen) atoms. The summed E-state index contributed by atoms with van der Waals surface area (Å²) in [4.78, 5) is 13.1. The second kappa shape index (κ2) is 46.6. The van der Waals surface area contributed by atoms with Crippen molar-refractivity contribution in [2.75, 3.05) is 13.2 Å². The van der Waals surface area contributed by atoms with E-state index in [0.29, 0.717) is 19.3 Å². The quantitative estimate of drug-likeness (QED) is 0.0215. The summed E-state index contributed by atoms with van der Waals surface area (Å²) in [5, 5.41) is 75.8. The molecular formula is C57H109NO10. The van der Waals surface area contributed by atoms with E-state index in [0.717, 1.165) is 25.7 Å². The molecule has 8 N–H and O–H groups in total. The Morgan fingerprint density at radius 2 is 0.926 bits per heavy atom. The zero-order valence-corrected chi connectivity index (χ0v) is 43.9. The molecule has 11 nitrogen and oxygen atoms in total. The molecule has 0 aromatic carbocycles. The molecule has 9 unspecified atom stereocenters. The van der Waals surface area contributed by atoms with Gasteiger partial charge in [-0.15, -0.1) is 0 Å². The summed E-state index contributed by atoms with van der Waals surface area (Å²) >= 11 is 0. The van der Waals surface area contributed by atoms with Crippen molar-refractivity contribution >= 4 is 5.91 Å². The van der Waals surface area contributed by atoms with Crippen LogP contribution in [0.4, 0.5) is 0 Å². The number of hydrogen-bond donors (Lipinski definition) is 8. The fourth-order valence-corrected chi connectivity index (χ4v) is 9.31. The third-order valence-electron chi connectivity index (χ3n) is 14.0. The van der Waals surface area contributed by atoms with Gasteiger partial charge >= 0.3 is 0 Å². The normalized spacial score (nSPS) is 20.6. The Morgan fingerprint density at radius 1 is 0.529 bits per heavy atom. The Balaban J connectivity index is 2.24. The van der Waals surface area contributed by atoms with E-state index in [-0.39, 0.29) is 6.42 Å². The van der Waals surface area contributed by atoms with Crippen molar-refractivity contribution < 1.29 is 50.0 Å². The smallest absolute Gasteiger partial charge is 0.249 e. The van der Waals surface area contributed by atoms with Gasteiger partial charge in [0.25, 0.3) is 0 Å². The van der Waals surface area contributed by atoms with E-state index < -0.39 is 74.2 Å². The number of amides is 1. The van der Waals surface area contributed by atoms with Crippen LogP contribution in [0.3, 0.4) is 0 Å². The summed E-state index contributed by atoms with van der Waals surface area (Å²) in [5.74, 6) is -0.761. The number of ether oxygens (including phenoxy) is 2. The summed E-state index contributed by atoms with van der Waals surface area (Å²) < 4.78 is 11.1. The van der Waals surface area contributed by atoms with E-state index in [4.69, 9.17) is 9.47 Å². The van der Waals surface area contributed by atoms with E-state index in [1.54, 1.807) is 6.08 Å². The molecule has 0 spiro atoms. The number of aliphatic hydroxyl groups is 7. The maximum absolute atomic E-state index is 13.1. The van der Waals surface area contributed by atoms with Crippen molar-refractivity contribution in [1.29, 1.82) is 0 Å². The number of allylic oxidation sites excluding steroid dienone is 3. The van der Waals surface area contributed by atoms with Gasteiger partial charge in [-0.05, 0) is 25.7 Å². The highest BCUT2D eigenvalue weighted by Crippen LogP contribution is 2.23. The number of unbranched alkanes of at least 4 members (excludes halogenated alkanes) is 34. The van der Waals surface area contributed by atoms with Crippen molar-refractivity contribution in [3.8, 4) is 0 Å². The SMILES string of the molecule is CCCCCCCC/C=C\C/C=C\CC(O)C(=O)NC(COC1OC(CO)C(O)C(O)C1O)C(O)C(O)CCCCCCCCCCCCCCCCCCCCCCCCCCCCCCC. The molecule has 9 atom stereocenters. The van der Waals surface area contributed by atoms with Crippen LogP contribution in [0.25, 0.3) is 0 Å². The van der Waals surface area contributed by atoms with E-state index in [1.807, 2.05) is 6.08 Å². The van der Waals surface area contributed by atoms with Gasteiger partial charge in [0.05, 0.1) is 25.4 Å². The molecule has 11 heteroatoms. The van der Waals surface area contributed by atoms with E-state index >= 15 is 0 Å². The molecule has 0 aliphatic carbocycles. The van der Waals surface area contributed by atoms with Crippen LogP contribution in [-0.2, 0) is 14.3 Å². The van der Waals surface area contributed by atoms with Crippen molar-refractivity contribution in [1.82, 2.24) is 5.32 Å².